The number of hydrogen-bond acceptors (Lipinski definition) is 4. The quantitative estimate of drug-likeness (QED) is 0.841. The summed E-state index contributed by atoms with van der Waals surface area (Å²) >= 11 is 0. The van der Waals surface area contributed by atoms with Crippen molar-refractivity contribution >= 4 is 9.84 Å². The van der Waals surface area contributed by atoms with Crippen molar-refractivity contribution in [2.45, 2.75) is 45.4 Å². The molecule has 0 amide bonds. The second kappa shape index (κ2) is 7.27. The Morgan fingerprint density at radius 1 is 1.24 bits per heavy atom. The number of ether oxygens (including phenoxy) is 1. The highest BCUT2D eigenvalue weighted by atomic mass is 32.2. The molecule has 1 N–H and O–H groups in total. The molecule has 1 aromatic carbocycles. The van der Waals surface area contributed by atoms with Gasteiger partial charge in [-0.2, -0.15) is 0 Å². The smallest absolute Gasteiger partial charge is 0.158 e. The van der Waals surface area contributed by atoms with E-state index in [4.69, 9.17) is 4.74 Å². The Kier molecular flexibility index (Phi) is 6.23. The van der Waals surface area contributed by atoms with E-state index < -0.39 is 14.6 Å². The third-order valence-electron chi connectivity index (χ3n) is 3.44. The fourth-order valence-electron chi connectivity index (χ4n) is 1.95. The highest BCUT2D eigenvalue weighted by Gasteiger charge is 2.28. The van der Waals surface area contributed by atoms with Gasteiger partial charge >= 0.3 is 0 Å². The fourth-order valence-corrected chi connectivity index (χ4v) is 2.87. The van der Waals surface area contributed by atoms with E-state index in [1.165, 1.54) is 0 Å². The molecule has 1 unspecified atom stereocenters. The van der Waals surface area contributed by atoms with E-state index in [-0.39, 0.29) is 18.4 Å². The van der Waals surface area contributed by atoms with Crippen molar-refractivity contribution in [1.29, 1.82) is 0 Å². The van der Waals surface area contributed by atoms with Crippen molar-refractivity contribution in [2.75, 3.05) is 18.9 Å². The van der Waals surface area contributed by atoms with E-state index in [1.54, 1.807) is 20.8 Å². The van der Waals surface area contributed by atoms with E-state index >= 15 is 0 Å². The molecule has 0 bridgehead atoms. The normalized spacial score (nSPS) is 14.0. The molecule has 5 heteroatoms. The van der Waals surface area contributed by atoms with Gasteiger partial charge in [0.15, 0.2) is 9.84 Å². The molecule has 0 fully saturated rings. The predicted octanol–water partition coefficient (Wildman–Crippen LogP) is 2.95. The summed E-state index contributed by atoms with van der Waals surface area (Å²) in [6, 6.07) is 7.91. The van der Waals surface area contributed by atoms with Crippen LogP contribution in [0.25, 0.3) is 0 Å². The zero-order valence-corrected chi connectivity index (χ0v) is 14.5. The van der Waals surface area contributed by atoms with Gasteiger partial charge in [-0.25, -0.2) is 8.42 Å². The van der Waals surface area contributed by atoms with E-state index in [9.17, 15) is 8.42 Å². The van der Waals surface area contributed by atoms with Crippen molar-refractivity contribution in [1.82, 2.24) is 5.32 Å². The number of nitrogens with one attached hydrogen (secondary N) is 1. The van der Waals surface area contributed by atoms with Gasteiger partial charge in [-0.1, -0.05) is 25.1 Å². The average molecular weight is 313 g/mol. The standard InChI is InChI=1S/C16H27NO3S/c1-6-17-13(2)14-9-7-8-10-15(14)20-11-12-21(18,19)16(3,4)5/h7-10,13,17H,6,11-12H2,1-5H3. The van der Waals surface area contributed by atoms with Crippen molar-refractivity contribution < 1.29 is 13.2 Å². The molecule has 0 saturated carbocycles. The van der Waals surface area contributed by atoms with Crippen LogP contribution in [0.15, 0.2) is 24.3 Å². The fraction of sp³-hybridized carbons (Fsp3) is 0.625. The molecule has 0 spiro atoms. The molecule has 0 aromatic heterocycles. The molecule has 0 aliphatic rings. The van der Waals surface area contributed by atoms with Crippen LogP contribution < -0.4 is 10.1 Å². The maximum absolute atomic E-state index is 12.1. The summed E-state index contributed by atoms with van der Waals surface area (Å²) in [7, 11) is -3.15. The molecule has 0 aliphatic carbocycles. The summed E-state index contributed by atoms with van der Waals surface area (Å²) in [4.78, 5) is 0. The van der Waals surface area contributed by atoms with Gasteiger partial charge in [-0.3, -0.25) is 0 Å². The van der Waals surface area contributed by atoms with E-state index in [0.29, 0.717) is 0 Å². The summed E-state index contributed by atoms with van der Waals surface area (Å²) < 4.78 is 29.1. The van der Waals surface area contributed by atoms with Gasteiger partial charge in [0.25, 0.3) is 0 Å². The van der Waals surface area contributed by atoms with Crippen LogP contribution in [-0.4, -0.2) is 32.1 Å². The summed E-state index contributed by atoms with van der Waals surface area (Å²) in [5, 5.41) is 3.33. The summed E-state index contributed by atoms with van der Waals surface area (Å²) in [5.41, 5.74) is 1.05. The zero-order valence-electron chi connectivity index (χ0n) is 13.6. The van der Waals surface area contributed by atoms with E-state index in [0.717, 1.165) is 17.9 Å². The van der Waals surface area contributed by atoms with Crippen LogP contribution in [0.2, 0.25) is 0 Å². The van der Waals surface area contributed by atoms with Crippen molar-refractivity contribution in [2.24, 2.45) is 0 Å². The molecule has 1 aromatic rings. The number of hydrogen-bond donors (Lipinski definition) is 1. The molecule has 4 nitrogen and oxygen atoms in total. The molecule has 0 radical (unpaired) electrons. The van der Waals surface area contributed by atoms with Crippen LogP contribution >= 0.6 is 0 Å². The Balaban J connectivity index is 2.73. The van der Waals surface area contributed by atoms with Gasteiger partial charge < -0.3 is 10.1 Å². The minimum Gasteiger partial charge on any atom is -0.492 e. The first-order chi connectivity index (χ1) is 9.69. The minimum absolute atomic E-state index is 0.0282. The van der Waals surface area contributed by atoms with Gasteiger partial charge in [-0.05, 0) is 40.3 Å². The second-order valence-electron chi connectivity index (χ2n) is 6.10. The van der Waals surface area contributed by atoms with E-state index in [1.807, 2.05) is 24.3 Å². The maximum atomic E-state index is 12.1. The van der Waals surface area contributed by atoms with Crippen molar-refractivity contribution in [3.05, 3.63) is 29.8 Å². The Morgan fingerprint density at radius 2 is 1.86 bits per heavy atom. The molecule has 21 heavy (non-hydrogen) atoms. The summed E-state index contributed by atoms with van der Waals surface area (Å²) in [6.07, 6.45) is 0. The molecule has 0 aliphatic heterocycles. The first-order valence-electron chi connectivity index (χ1n) is 7.36. The largest absolute Gasteiger partial charge is 0.492 e. The van der Waals surface area contributed by atoms with Crippen LogP contribution in [-0.2, 0) is 9.84 Å². The SMILES string of the molecule is CCNC(C)c1ccccc1OCCS(=O)(=O)C(C)(C)C. The Morgan fingerprint density at radius 3 is 2.43 bits per heavy atom. The molecule has 1 atom stereocenters. The van der Waals surface area contributed by atoms with Crippen LogP contribution in [0.4, 0.5) is 0 Å². The zero-order chi connectivity index (χ0) is 16.1. The molecule has 0 heterocycles. The minimum atomic E-state index is -3.15. The Labute approximate surface area is 128 Å². The van der Waals surface area contributed by atoms with Crippen molar-refractivity contribution in [3.63, 3.8) is 0 Å². The van der Waals surface area contributed by atoms with Gasteiger partial charge in [0, 0.05) is 11.6 Å². The molecule has 1 rings (SSSR count). The van der Waals surface area contributed by atoms with E-state index in [2.05, 4.69) is 19.2 Å². The van der Waals surface area contributed by atoms with Gasteiger partial charge in [0.2, 0.25) is 0 Å². The Bertz CT molecular complexity index is 547. The summed E-state index contributed by atoms with van der Waals surface area (Å²) in [5.74, 6) is 0.774. The molecule has 0 saturated heterocycles. The second-order valence-corrected chi connectivity index (χ2v) is 8.96. The highest BCUT2D eigenvalue weighted by molar-refractivity contribution is 7.92. The molecule has 120 valence electrons. The average Bonchev–Trinajstić information content (AvgIpc) is 2.38. The number of benzene rings is 1. The highest BCUT2D eigenvalue weighted by Crippen LogP contribution is 2.25. The Hall–Kier alpha value is -1.07. The topological polar surface area (TPSA) is 55.4 Å². The molecular weight excluding hydrogens is 286 g/mol. The van der Waals surface area contributed by atoms with Gasteiger partial charge in [-0.15, -0.1) is 0 Å². The number of para-hydroxylation sites is 1. The first kappa shape index (κ1) is 18.0. The van der Waals surface area contributed by atoms with Gasteiger partial charge in [0.05, 0.1) is 10.5 Å². The number of sulfone groups is 1. The third kappa shape index (κ3) is 5.00. The maximum Gasteiger partial charge on any atom is 0.158 e. The van der Waals surface area contributed by atoms with Crippen molar-refractivity contribution in [3.8, 4) is 5.75 Å². The first-order valence-corrected chi connectivity index (χ1v) is 9.01. The predicted molar refractivity (Wildman–Crippen MR) is 87.6 cm³/mol. The monoisotopic (exact) mass is 313 g/mol. The molecular formula is C16H27NO3S. The lowest BCUT2D eigenvalue weighted by Gasteiger charge is -2.20. The van der Waals surface area contributed by atoms with Crippen LogP contribution in [0, 0.1) is 0 Å². The van der Waals surface area contributed by atoms with Crippen LogP contribution in [0.3, 0.4) is 0 Å². The third-order valence-corrected chi connectivity index (χ3v) is 6.01. The summed E-state index contributed by atoms with van der Waals surface area (Å²) in [6.45, 7) is 10.3. The van der Waals surface area contributed by atoms with Crippen LogP contribution in [0.1, 0.15) is 46.2 Å². The lowest BCUT2D eigenvalue weighted by Crippen LogP contribution is -2.32. The number of rotatable bonds is 7. The van der Waals surface area contributed by atoms with Gasteiger partial charge in [0.1, 0.15) is 12.4 Å². The lowest BCUT2D eigenvalue weighted by atomic mass is 10.1. The lowest BCUT2D eigenvalue weighted by molar-refractivity contribution is 0.332. The van der Waals surface area contributed by atoms with Crippen LogP contribution in [0.5, 0.6) is 5.75 Å².